The number of likely N-dealkylation sites (tertiary alicyclic amines) is 1. The molecule has 5 rings (SSSR count). The van der Waals surface area contributed by atoms with Crippen LogP contribution in [-0.4, -0.2) is 82.2 Å². The number of aliphatic hydroxyl groups is 1. The van der Waals surface area contributed by atoms with Crippen molar-refractivity contribution in [2.75, 3.05) is 36.4 Å². The maximum atomic E-state index is 11.7. The van der Waals surface area contributed by atoms with Gasteiger partial charge in [-0.15, -0.1) is 0 Å². The molecule has 0 saturated carbocycles. The van der Waals surface area contributed by atoms with Gasteiger partial charge in [-0.3, -0.25) is 9.69 Å². The monoisotopic (exact) mass is 605 g/mol. The van der Waals surface area contributed by atoms with E-state index < -0.39 is 18.2 Å². The minimum Gasteiger partial charge on any atom is -0.506 e. The molecule has 14 heteroatoms. The average Bonchev–Trinajstić information content (AvgIpc) is 3.41. The van der Waals surface area contributed by atoms with Gasteiger partial charge in [0.1, 0.15) is 17.1 Å². The van der Waals surface area contributed by atoms with Gasteiger partial charge in [0.05, 0.1) is 28.5 Å². The Kier molecular flexibility index (Phi) is 8.65. The molecule has 218 valence electrons. The molecule has 40 heavy (non-hydrogen) atoms. The first-order valence-corrected chi connectivity index (χ1v) is 13.2. The summed E-state index contributed by atoms with van der Waals surface area (Å²) in [5, 5.41) is 31.8. The van der Waals surface area contributed by atoms with Gasteiger partial charge in [-0.25, -0.2) is 4.79 Å². The highest BCUT2D eigenvalue weighted by Gasteiger charge is 2.45. The molecule has 3 heterocycles. The van der Waals surface area contributed by atoms with Gasteiger partial charge in [0.25, 0.3) is 0 Å². The number of fused-ring (bicyclic) bond motifs is 1. The Morgan fingerprint density at radius 3 is 2.38 bits per heavy atom. The Morgan fingerprint density at radius 1 is 1.12 bits per heavy atom. The molecule has 1 spiro atoms. The number of aliphatic carboxylic acids is 1. The molecule has 2 aromatic rings. The van der Waals surface area contributed by atoms with Crippen molar-refractivity contribution in [2.24, 2.45) is 0 Å². The first-order valence-electron chi connectivity index (χ1n) is 12.4. The smallest absolute Gasteiger partial charge is 0.490 e. The molecule has 9 nitrogen and oxygen atoms in total. The molecule has 1 unspecified atom stereocenters. The van der Waals surface area contributed by atoms with Gasteiger partial charge in [0, 0.05) is 63.5 Å². The molecule has 0 aliphatic carbocycles. The van der Waals surface area contributed by atoms with Gasteiger partial charge in [0.2, 0.25) is 5.91 Å². The lowest BCUT2D eigenvalue weighted by molar-refractivity contribution is -0.192. The lowest BCUT2D eigenvalue weighted by atomic mass is 9.86. The number of aliphatic hydroxyl groups excluding tert-OH is 1. The van der Waals surface area contributed by atoms with Crippen molar-refractivity contribution in [3.05, 3.63) is 45.9 Å². The Balaban J connectivity index is 0.000000470. The SMILES string of the molecule is CC(=O)Nc1cc(Cl)c(O)cc1N1CC(N2CCC3(CC2)Cc2cc(Cl)ccc2O3)[C@H](O)C1.O=C(O)C(F)(F)F. The molecule has 2 atom stereocenters. The molecular formula is C26H28Cl2F3N3O6. The number of ether oxygens (including phenoxy) is 1. The molecule has 3 aliphatic heterocycles. The first-order chi connectivity index (χ1) is 18.7. The number of β-amino-alcohol motifs (C(OH)–C–C–N with tert-alkyl or cyclic N) is 1. The number of rotatable bonds is 3. The number of alkyl halides is 3. The summed E-state index contributed by atoms with van der Waals surface area (Å²) < 4.78 is 38.1. The van der Waals surface area contributed by atoms with Gasteiger partial charge < -0.3 is 30.3 Å². The summed E-state index contributed by atoms with van der Waals surface area (Å²) in [6.07, 6.45) is -3.02. The van der Waals surface area contributed by atoms with E-state index >= 15 is 0 Å². The number of hydrogen-bond acceptors (Lipinski definition) is 7. The molecular weight excluding hydrogens is 578 g/mol. The number of carboxylic acids is 1. The zero-order valence-electron chi connectivity index (χ0n) is 21.3. The fourth-order valence-electron chi connectivity index (χ4n) is 5.37. The quantitative estimate of drug-likeness (QED) is 0.382. The number of phenolic OH excluding ortho intramolecular Hbond substituents is 1. The fraction of sp³-hybridized carbons (Fsp3) is 0.462. The Labute approximate surface area is 238 Å². The predicted molar refractivity (Wildman–Crippen MR) is 142 cm³/mol. The van der Waals surface area contributed by atoms with Crippen LogP contribution in [0.5, 0.6) is 11.5 Å². The van der Waals surface area contributed by atoms with Crippen molar-refractivity contribution in [1.29, 1.82) is 0 Å². The highest BCUT2D eigenvalue weighted by molar-refractivity contribution is 6.32. The number of halogens is 5. The molecule has 4 N–H and O–H groups in total. The normalized spacial score (nSPS) is 21.8. The lowest BCUT2D eigenvalue weighted by Gasteiger charge is -2.41. The summed E-state index contributed by atoms with van der Waals surface area (Å²) in [5.74, 6) is -2.12. The van der Waals surface area contributed by atoms with Crippen molar-refractivity contribution in [2.45, 2.75) is 50.1 Å². The van der Waals surface area contributed by atoms with Crippen molar-refractivity contribution in [3.63, 3.8) is 0 Å². The van der Waals surface area contributed by atoms with Crippen molar-refractivity contribution in [1.82, 2.24) is 4.90 Å². The van der Waals surface area contributed by atoms with E-state index in [2.05, 4.69) is 10.2 Å². The molecule has 0 radical (unpaired) electrons. The van der Waals surface area contributed by atoms with Crippen LogP contribution in [0.25, 0.3) is 0 Å². The maximum Gasteiger partial charge on any atom is 0.490 e. The minimum absolute atomic E-state index is 0.0522. The van der Waals surface area contributed by atoms with E-state index in [0.717, 1.165) is 48.7 Å². The van der Waals surface area contributed by atoms with Crippen LogP contribution in [0.4, 0.5) is 24.5 Å². The summed E-state index contributed by atoms with van der Waals surface area (Å²) >= 11 is 12.2. The number of nitrogens with one attached hydrogen (secondary N) is 1. The second-order valence-electron chi connectivity index (χ2n) is 10.1. The van der Waals surface area contributed by atoms with Crippen LogP contribution >= 0.6 is 23.2 Å². The van der Waals surface area contributed by atoms with Gasteiger partial charge in [-0.1, -0.05) is 23.2 Å². The van der Waals surface area contributed by atoms with Crippen LogP contribution < -0.4 is 15.0 Å². The van der Waals surface area contributed by atoms with E-state index in [1.807, 2.05) is 23.1 Å². The molecule has 1 amide bonds. The zero-order valence-corrected chi connectivity index (χ0v) is 22.9. The highest BCUT2D eigenvalue weighted by atomic mass is 35.5. The van der Waals surface area contributed by atoms with E-state index in [4.69, 9.17) is 37.8 Å². The number of anilines is 2. The van der Waals surface area contributed by atoms with Crippen LogP contribution in [0, 0.1) is 0 Å². The number of hydrogen-bond donors (Lipinski definition) is 4. The van der Waals surface area contributed by atoms with Gasteiger partial charge in [-0.05, 0) is 29.8 Å². The number of benzene rings is 2. The Hall–Kier alpha value is -2.93. The molecule has 0 bridgehead atoms. The standard InChI is InChI=1S/C24H27Cl2N3O4.C2HF3O2/c1-14(30)27-18-9-17(26)21(31)10-19(18)29-12-20(22(32)13-29)28-6-4-24(5-7-28)11-15-8-16(25)2-3-23(15)33-24;3-2(4,5)1(6)7/h2-3,8-10,20,22,31-32H,4-7,11-13H2,1H3,(H,27,30);(H,6,7)/t20?,22-;/m1./s1. The summed E-state index contributed by atoms with van der Waals surface area (Å²) in [6.45, 7) is 4.05. The van der Waals surface area contributed by atoms with E-state index in [-0.39, 0.29) is 28.3 Å². The van der Waals surface area contributed by atoms with E-state index in [1.54, 1.807) is 12.1 Å². The van der Waals surface area contributed by atoms with Gasteiger partial charge >= 0.3 is 12.1 Å². The third-order valence-corrected chi connectivity index (χ3v) is 7.80. The van der Waals surface area contributed by atoms with E-state index in [9.17, 15) is 28.2 Å². The minimum atomic E-state index is -5.08. The third-order valence-electron chi connectivity index (χ3n) is 7.26. The van der Waals surface area contributed by atoms with Crippen LogP contribution in [0.2, 0.25) is 10.0 Å². The second kappa shape index (κ2) is 11.5. The number of piperidine rings is 1. The molecule has 2 fully saturated rings. The van der Waals surface area contributed by atoms with Crippen LogP contribution in [-0.2, 0) is 16.0 Å². The van der Waals surface area contributed by atoms with Crippen molar-refractivity contribution < 1.29 is 42.8 Å². The van der Waals surface area contributed by atoms with Crippen molar-refractivity contribution >= 4 is 46.5 Å². The van der Waals surface area contributed by atoms with Crippen LogP contribution in [0.3, 0.4) is 0 Å². The van der Waals surface area contributed by atoms with Gasteiger partial charge in [0.15, 0.2) is 0 Å². The van der Waals surface area contributed by atoms with E-state index in [1.165, 1.54) is 6.92 Å². The van der Waals surface area contributed by atoms with E-state index in [0.29, 0.717) is 24.5 Å². The molecule has 3 aliphatic rings. The number of carboxylic acid groups (broad SMARTS) is 1. The number of aromatic hydroxyl groups is 1. The highest BCUT2D eigenvalue weighted by Crippen LogP contribution is 2.43. The molecule has 2 saturated heterocycles. The summed E-state index contributed by atoms with van der Waals surface area (Å²) in [5.41, 5.74) is 2.13. The number of carbonyl (C=O) groups is 2. The molecule has 0 aromatic heterocycles. The Bertz CT molecular complexity index is 1290. The number of carbonyl (C=O) groups excluding carboxylic acids is 1. The van der Waals surface area contributed by atoms with Gasteiger partial charge in [-0.2, -0.15) is 13.2 Å². The topological polar surface area (TPSA) is 123 Å². The van der Waals surface area contributed by atoms with Crippen LogP contribution in [0.15, 0.2) is 30.3 Å². The third kappa shape index (κ3) is 6.68. The summed E-state index contributed by atoms with van der Waals surface area (Å²) in [7, 11) is 0. The number of amides is 1. The summed E-state index contributed by atoms with van der Waals surface area (Å²) in [4.78, 5) is 24.9. The maximum absolute atomic E-state index is 11.7. The predicted octanol–water partition coefficient (Wildman–Crippen LogP) is 4.31. The summed E-state index contributed by atoms with van der Waals surface area (Å²) in [6, 6.07) is 8.84. The first kappa shape index (κ1) is 30.0. The number of nitrogens with zero attached hydrogens (tertiary/aromatic N) is 2. The Morgan fingerprint density at radius 2 is 1.77 bits per heavy atom. The molecule has 2 aromatic carbocycles. The number of phenols is 1. The van der Waals surface area contributed by atoms with Crippen LogP contribution in [0.1, 0.15) is 25.3 Å². The second-order valence-corrected chi connectivity index (χ2v) is 10.9. The zero-order chi connectivity index (χ0) is 29.4. The largest absolute Gasteiger partial charge is 0.506 e. The van der Waals surface area contributed by atoms with Crippen molar-refractivity contribution in [3.8, 4) is 11.5 Å². The fourth-order valence-corrected chi connectivity index (χ4v) is 5.73. The lowest BCUT2D eigenvalue weighted by Crippen LogP contribution is -2.53. The average molecular weight is 606 g/mol.